The Kier molecular flexibility index (Phi) is 4.02. The molecule has 9 heteroatoms. The molecule has 30 heavy (non-hydrogen) atoms. The molecule has 1 aromatic carbocycles. The van der Waals surface area contributed by atoms with Gasteiger partial charge in [0, 0.05) is 43.1 Å². The fourth-order valence-corrected chi connectivity index (χ4v) is 4.92. The molecule has 5 heterocycles. The minimum Gasteiger partial charge on any atom is -0.355 e. The van der Waals surface area contributed by atoms with E-state index in [1.54, 1.807) is 10.9 Å². The van der Waals surface area contributed by atoms with Crippen LogP contribution in [0.5, 0.6) is 0 Å². The van der Waals surface area contributed by atoms with E-state index < -0.39 is 0 Å². The number of nitrogens with zero attached hydrogens (tertiary/aromatic N) is 7. The second-order valence-corrected chi connectivity index (χ2v) is 8.27. The molecule has 2 fully saturated rings. The van der Waals surface area contributed by atoms with Crippen molar-refractivity contribution in [2.45, 2.75) is 43.8 Å². The lowest BCUT2D eigenvalue weighted by atomic mass is 9.98. The van der Waals surface area contributed by atoms with Crippen LogP contribution in [0.2, 0.25) is 0 Å². The molecule has 3 aromatic heterocycles. The molecule has 0 aliphatic carbocycles. The first kappa shape index (κ1) is 17.5. The van der Waals surface area contributed by atoms with Gasteiger partial charge >= 0.3 is 0 Å². The smallest absolute Gasteiger partial charge is 0.151 e. The molecule has 2 saturated heterocycles. The largest absolute Gasteiger partial charge is 0.355 e. The quantitative estimate of drug-likeness (QED) is 0.541. The van der Waals surface area contributed by atoms with Crippen molar-refractivity contribution in [3.05, 3.63) is 42.7 Å². The Hall–Kier alpha value is -3.33. The van der Waals surface area contributed by atoms with Crippen molar-refractivity contribution in [3.63, 3.8) is 0 Å². The van der Waals surface area contributed by atoms with Crippen LogP contribution in [-0.2, 0) is 0 Å². The van der Waals surface area contributed by atoms with Gasteiger partial charge in [0.05, 0.1) is 16.9 Å². The number of nitrogens with one attached hydrogen (secondary N) is 2. The minimum absolute atomic E-state index is 0.515. The zero-order valence-corrected chi connectivity index (χ0v) is 16.7. The fraction of sp³-hybridized carbons (Fsp3) is 0.381. The van der Waals surface area contributed by atoms with Crippen molar-refractivity contribution in [1.82, 2.24) is 40.7 Å². The highest BCUT2D eigenvalue weighted by Gasteiger charge is 2.35. The van der Waals surface area contributed by atoms with Crippen molar-refractivity contribution in [2.24, 2.45) is 0 Å². The van der Waals surface area contributed by atoms with Crippen LogP contribution in [0, 0.1) is 0 Å². The summed E-state index contributed by atoms with van der Waals surface area (Å²) in [6, 6.07) is 11.8. The van der Waals surface area contributed by atoms with E-state index in [0.717, 1.165) is 33.8 Å². The van der Waals surface area contributed by atoms with Crippen LogP contribution in [-0.4, -0.2) is 60.6 Å². The number of hydrogen-bond donors (Lipinski definition) is 2. The standard InChI is InChI=1S/C21H23N9/c1-29(15-11-13-3-4-14(12-15)23-13)19-8-6-17(24-25-19)16-5-7-18(30-10-2-9-22-30)21-20(16)26-28-27-21/h2,5-10,13-15,23H,3-4,11-12H2,1H3,(H,26,27,28)/t13-,14+,15-. The van der Waals surface area contributed by atoms with Crippen molar-refractivity contribution in [1.29, 1.82) is 0 Å². The van der Waals surface area contributed by atoms with Crippen LogP contribution in [0.3, 0.4) is 0 Å². The van der Waals surface area contributed by atoms with E-state index in [9.17, 15) is 0 Å². The van der Waals surface area contributed by atoms with E-state index >= 15 is 0 Å². The van der Waals surface area contributed by atoms with Crippen LogP contribution < -0.4 is 10.2 Å². The summed E-state index contributed by atoms with van der Waals surface area (Å²) < 4.78 is 1.78. The number of benzene rings is 1. The summed E-state index contributed by atoms with van der Waals surface area (Å²) in [7, 11) is 2.13. The molecule has 0 unspecified atom stereocenters. The number of H-pyrrole nitrogens is 1. The van der Waals surface area contributed by atoms with Gasteiger partial charge in [0.25, 0.3) is 0 Å². The molecule has 0 amide bonds. The lowest BCUT2D eigenvalue weighted by Gasteiger charge is -2.36. The zero-order chi connectivity index (χ0) is 20.1. The highest BCUT2D eigenvalue weighted by atomic mass is 15.3. The molecular weight excluding hydrogens is 378 g/mol. The van der Waals surface area contributed by atoms with Gasteiger partial charge in [0.2, 0.25) is 0 Å². The van der Waals surface area contributed by atoms with E-state index in [4.69, 9.17) is 0 Å². The maximum absolute atomic E-state index is 4.55. The van der Waals surface area contributed by atoms with Gasteiger partial charge in [-0.25, -0.2) is 4.68 Å². The number of aromatic amines is 1. The zero-order valence-electron chi connectivity index (χ0n) is 16.7. The fourth-order valence-electron chi connectivity index (χ4n) is 4.92. The third-order valence-corrected chi connectivity index (χ3v) is 6.50. The third kappa shape index (κ3) is 2.85. The SMILES string of the molecule is CN(c1ccc(-c2ccc(-n3cccn3)c3nn[nH]c23)nn1)[C@@H]1C[C@H]2CC[C@@H](C1)N2. The summed E-state index contributed by atoms with van der Waals surface area (Å²) in [5.74, 6) is 0.914. The summed E-state index contributed by atoms with van der Waals surface area (Å²) in [6.45, 7) is 0. The number of fused-ring (bicyclic) bond motifs is 3. The second kappa shape index (κ2) is 6.88. The summed E-state index contributed by atoms with van der Waals surface area (Å²) >= 11 is 0. The van der Waals surface area contributed by atoms with Gasteiger partial charge in [-0.3, -0.25) is 5.10 Å². The summed E-state index contributed by atoms with van der Waals surface area (Å²) in [4.78, 5) is 2.29. The first-order valence-electron chi connectivity index (χ1n) is 10.4. The van der Waals surface area contributed by atoms with Crippen LogP contribution >= 0.6 is 0 Å². The Morgan fingerprint density at radius 2 is 1.90 bits per heavy atom. The van der Waals surface area contributed by atoms with Crippen molar-refractivity contribution >= 4 is 16.9 Å². The van der Waals surface area contributed by atoms with E-state index in [2.05, 4.69) is 54.0 Å². The normalized spacial score (nSPS) is 23.2. The first-order chi connectivity index (χ1) is 14.8. The van der Waals surface area contributed by atoms with Gasteiger partial charge in [-0.1, -0.05) is 5.21 Å². The Morgan fingerprint density at radius 1 is 1.03 bits per heavy atom. The van der Waals surface area contributed by atoms with Crippen LogP contribution in [0.15, 0.2) is 42.7 Å². The lowest BCUT2D eigenvalue weighted by Crippen LogP contribution is -2.47. The summed E-state index contributed by atoms with van der Waals surface area (Å²) in [5, 5.41) is 28.4. The van der Waals surface area contributed by atoms with Crippen molar-refractivity contribution in [2.75, 3.05) is 11.9 Å². The molecule has 2 N–H and O–H groups in total. The Morgan fingerprint density at radius 3 is 2.63 bits per heavy atom. The minimum atomic E-state index is 0.515. The predicted molar refractivity (Wildman–Crippen MR) is 113 cm³/mol. The number of piperidine rings is 1. The number of hydrogen-bond acceptors (Lipinski definition) is 7. The van der Waals surface area contributed by atoms with Crippen molar-refractivity contribution < 1.29 is 0 Å². The molecule has 152 valence electrons. The first-order valence-corrected chi connectivity index (χ1v) is 10.4. The molecule has 0 spiro atoms. The van der Waals surface area contributed by atoms with Gasteiger partial charge in [-0.05, 0) is 56.0 Å². The van der Waals surface area contributed by atoms with Gasteiger partial charge in [-0.2, -0.15) is 5.10 Å². The molecule has 6 rings (SSSR count). The molecule has 2 aliphatic rings. The van der Waals surface area contributed by atoms with Gasteiger partial charge in [0.1, 0.15) is 5.52 Å². The monoisotopic (exact) mass is 401 g/mol. The van der Waals surface area contributed by atoms with Crippen LogP contribution in [0.1, 0.15) is 25.7 Å². The Bertz CT molecular complexity index is 1150. The number of anilines is 1. The number of rotatable bonds is 4. The molecule has 9 nitrogen and oxygen atoms in total. The Labute approximate surface area is 173 Å². The topological polar surface area (TPSA) is 100 Å². The second-order valence-electron chi connectivity index (χ2n) is 8.27. The highest BCUT2D eigenvalue weighted by Crippen LogP contribution is 2.32. The van der Waals surface area contributed by atoms with Crippen molar-refractivity contribution in [3.8, 4) is 16.9 Å². The maximum atomic E-state index is 4.55. The molecule has 0 saturated carbocycles. The van der Waals surface area contributed by atoms with Crippen LogP contribution in [0.4, 0.5) is 5.82 Å². The lowest BCUT2D eigenvalue weighted by molar-refractivity contribution is 0.353. The van der Waals surface area contributed by atoms with Crippen LogP contribution in [0.25, 0.3) is 28.0 Å². The average Bonchev–Trinajstić information content (AvgIpc) is 3.54. The molecule has 4 aromatic rings. The number of aromatic nitrogens is 7. The van der Waals surface area contributed by atoms with Gasteiger partial charge < -0.3 is 10.2 Å². The molecule has 3 atom stereocenters. The predicted octanol–water partition coefficient (Wildman–Crippen LogP) is 2.32. The van der Waals surface area contributed by atoms with E-state index in [1.807, 2.05) is 30.5 Å². The van der Waals surface area contributed by atoms with Gasteiger partial charge in [0.15, 0.2) is 5.82 Å². The maximum Gasteiger partial charge on any atom is 0.151 e. The Balaban J connectivity index is 1.30. The third-order valence-electron chi connectivity index (χ3n) is 6.50. The van der Waals surface area contributed by atoms with E-state index in [1.165, 1.54) is 25.7 Å². The van der Waals surface area contributed by atoms with Gasteiger partial charge in [-0.15, -0.1) is 15.3 Å². The molecule has 2 bridgehead atoms. The molecular formula is C21H23N9. The molecule has 2 aliphatic heterocycles. The summed E-state index contributed by atoms with van der Waals surface area (Å²) in [6.07, 6.45) is 8.57. The average molecular weight is 401 g/mol. The summed E-state index contributed by atoms with van der Waals surface area (Å²) in [5.41, 5.74) is 4.17. The highest BCUT2D eigenvalue weighted by molar-refractivity contribution is 5.95. The van der Waals surface area contributed by atoms with E-state index in [0.29, 0.717) is 18.1 Å². The molecule has 0 radical (unpaired) electrons. The van der Waals surface area contributed by atoms with E-state index in [-0.39, 0.29) is 0 Å².